The first kappa shape index (κ1) is 21.1. The third-order valence-corrected chi connectivity index (χ3v) is 58.0. The van der Waals surface area contributed by atoms with Crippen LogP contribution in [0.15, 0.2) is 60.7 Å². The fourth-order valence-corrected chi connectivity index (χ4v) is 57.0. The molecule has 2 aromatic rings. The first-order valence-corrected chi connectivity index (χ1v) is 26.9. The van der Waals surface area contributed by atoms with Gasteiger partial charge in [0.1, 0.15) is 0 Å². The standard InChI is InChI=1S/2C9H7.C3H6.4ClH.2Zr/c2*1-2-5-9-7-3-6-8(9)4-1;1-3-2;;;;;;/h2*1-7H;1-2H3;4*1H;;/q;;;;;;;2*+2/p-4. The van der Waals surface area contributed by atoms with E-state index in [4.69, 9.17) is 34.1 Å². The molecular weight excluding hydrogens is 576 g/mol. The van der Waals surface area contributed by atoms with Gasteiger partial charge >= 0.3 is 187 Å². The van der Waals surface area contributed by atoms with Crippen molar-refractivity contribution in [2.75, 3.05) is 0 Å². The van der Waals surface area contributed by atoms with Crippen molar-refractivity contribution in [1.82, 2.24) is 0 Å². The molecule has 0 heterocycles. The Morgan fingerprint density at radius 1 is 0.667 bits per heavy atom. The molecule has 2 unspecified atom stereocenters. The second kappa shape index (κ2) is 7.52. The van der Waals surface area contributed by atoms with E-state index >= 15 is 0 Å². The van der Waals surface area contributed by atoms with Gasteiger partial charge in [-0.3, -0.25) is 0 Å². The first-order chi connectivity index (χ1) is 12.7. The summed E-state index contributed by atoms with van der Waals surface area (Å²) in [5, 5.41) is 0. The van der Waals surface area contributed by atoms with Crippen LogP contribution in [0.4, 0.5) is 0 Å². The van der Waals surface area contributed by atoms with Gasteiger partial charge in [0.05, 0.1) is 0 Å². The van der Waals surface area contributed by atoms with E-state index in [9.17, 15) is 0 Å². The normalized spacial score (nSPS) is 21.4. The van der Waals surface area contributed by atoms with E-state index in [1.165, 1.54) is 22.3 Å². The zero-order valence-electron chi connectivity index (χ0n) is 15.1. The minimum absolute atomic E-state index is 0.0723. The van der Waals surface area contributed by atoms with Gasteiger partial charge in [0.15, 0.2) is 0 Å². The minimum atomic E-state index is -3.85. The van der Waals surface area contributed by atoms with E-state index in [1.54, 1.807) is 0 Å². The van der Waals surface area contributed by atoms with Crippen molar-refractivity contribution in [3.63, 3.8) is 0 Å². The van der Waals surface area contributed by atoms with Gasteiger partial charge in [-0.15, -0.1) is 0 Å². The maximum absolute atomic E-state index is 7.34. The van der Waals surface area contributed by atoms with E-state index in [2.05, 4.69) is 74.5 Å². The summed E-state index contributed by atoms with van der Waals surface area (Å²) < 4.78 is -0.264. The molecule has 6 heteroatoms. The molecule has 0 aliphatic heterocycles. The summed E-state index contributed by atoms with van der Waals surface area (Å²) in [6, 6.07) is 16.7. The molecule has 0 spiro atoms. The molecule has 0 saturated carbocycles. The SMILES string of the molecule is C[C](C)([Zr]([Cl])([Cl])[CH]1C=Cc2ccccc21)[Zr]([Cl])([Cl])[CH]1C=Cc2ccccc21. The van der Waals surface area contributed by atoms with E-state index in [-0.39, 0.29) is 7.25 Å². The maximum atomic E-state index is 7.34. The summed E-state index contributed by atoms with van der Waals surface area (Å²) in [6.07, 6.45) is 8.63. The Kier molecular flexibility index (Phi) is 5.87. The van der Waals surface area contributed by atoms with Crippen molar-refractivity contribution in [1.29, 1.82) is 0 Å². The van der Waals surface area contributed by atoms with Gasteiger partial charge in [-0.1, -0.05) is 0 Å². The zero-order chi connectivity index (χ0) is 19.4. The second-order valence-electron chi connectivity index (χ2n) is 7.80. The van der Waals surface area contributed by atoms with Crippen LogP contribution in [0, 0.1) is 0 Å². The van der Waals surface area contributed by atoms with Gasteiger partial charge in [0, 0.05) is 0 Å². The quantitative estimate of drug-likeness (QED) is 0.332. The topological polar surface area (TPSA) is 0 Å². The molecule has 0 saturated heterocycles. The molecule has 4 rings (SSSR count). The molecule has 0 N–H and O–H groups in total. The van der Waals surface area contributed by atoms with Gasteiger partial charge in [0.2, 0.25) is 0 Å². The Bertz CT molecular complexity index is 871. The molecule has 2 aliphatic carbocycles. The van der Waals surface area contributed by atoms with E-state index in [0.29, 0.717) is 0 Å². The molecule has 0 radical (unpaired) electrons. The fraction of sp³-hybridized carbons (Fsp3) is 0.238. The van der Waals surface area contributed by atoms with E-state index in [1.807, 2.05) is 12.1 Å². The van der Waals surface area contributed by atoms with E-state index in [0.717, 1.165) is 0 Å². The molecular formula is C21H20Cl4Zr2. The molecule has 2 aliphatic rings. The number of benzene rings is 2. The Labute approximate surface area is 184 Å². The average Bonchev–Trinajstić information content (AvgIpc) is 3.26. The monoisotopic (exact) mass is 592 g/mol. The summed E-state index contributed by atoms with van der Waals surface area (Å²) >= 11 is -7.69. The molecule has 0 aromatic heterocycles. The molecule has 140 valence electrons. The van der Waals surface area contributed by atoms with Gasteiger partial charge < -0.3 is 0 Å². The number of fused-ring (bicyclic) bond motifs is 2. The Hall–Kier alpha value is 0.846. The Morgan fingerprint density at radius 2 is 1.04 bits per heavy atom. The summed E-state index contributed by atoms with van der Waals surface area (Å²) in [5.41, 5.74) is 4.86. The number of allylic oxidation sites excluding steroid dienone is 2. The van der Waals surface area contributed by atoms with Crippen molar-refractivity contribution in [2.24, 2.45) is 0 Å². The van der Waals surface area contributed by atoms with Crippen LogP contribution >= 0.6 is 34.1 Å². The van der Waals surface area contributed by atoms with Crippen molar-refractivity contribution in [3.05, 3.63) is 82.9 Å². The van der Waals surface area contributed by atoms with Crippen LogP contribution in [-0.2, 0) is 35.8 Å². The van der Waals surface area contributed by atoms with Crippen molar-refractivity contribution < 1.29 is 35.8 Å². The zero-order valence-corrected chi connectivity index (χ0v) is 23.0. The molecule has 27 heavy (non-hydrogen) atoms. The van der Waals surface area contributed by atoms with Crippen LogP contribution in [0.3, 0.4) is 0 Å². The second-order valence-corrected chi connectivity index (χ2v) is 42.5. The van der Waals surface area contributed by atoms with Gasteiger partial charge in [-0.2, -0.15) is 0 Å². The molecule has 0 nitrogen and oxygen atoms in total. The third-order valence-electron chi connectivity index (χ3n) is 6.05. The molecule has 0 bridgehead atoms. The number of hydrogen-bond acceptors (Lipinski definition) is 0. The van der Waals surface area contributed by atoms with Crippen LogP contribution in [-0.4, -0.2) is 0 Å². The van der Waals surface area contributed by atoms with Gasteiger partial charge in [0.25, 0.3) is 0 Å². The molecule has 0 amide bonds. The molecule has 0 fully saturated rings. The third kappa shape index (κ3) is 3.30. The average molecular weight is 597 g/mol. The summed E-state index contributed by atoms with van der Waals surface area (Å²) in [4.78, 5) is 0. The Balaban J connectivity index is 1.74. The number of halogens is 4. The Morgan fingerprint density at radius 3 is 1.44 bits per heavy atom. The summed E-state index contributed by atoms with van der Waals surface area (Å²) in [7, 11) is 29.3. The number of rotatable bonds is 4. The fourth-order valence-electron chi connectivity index (χ4n) is 4.13. The van der Waals surface area contributed by atoms with Crippen molar-refractivity contribution in [3.8, 4) is 0 Å². The van der Waals surface area contributed by atoms with Crippen LogP contribution in [0.2, 0.25) is 0.831 Å². The molecule has 2 aromatic carbocycles. The van der Waals surface area contributed by atoms with Crippen LogP contribution in [0.5, 0.6) is 0 Å². The first-order valence-electron chi connectivity index (χ1n) is 8.98. The van der Waals surface area contributed by atoms with Crippen molar-refractivity contribution in [2.45, 2.75) is 21.9 Å². The van der Waals surface area contributed by atoms with Crippen LogP contribution in [0.25, 0.3) is 12.2 Å². The van der Waals surface area contributed by atoms with Crippen LogP contribution < -0.4 is 0 Å². The summed E-state index contributed by atoms with van der Waals surface area (Å²) in [5.74, 6) is 0. The van der Waals surface area contributed by atoms with Gasteiger partial charge in [-0.05, 0) is 0 Å². The predicted molar refractivity (Wildman–Crippen MR) is 114 cm³/mol. The van der Waals surface area contributed by atoms with Crippen molar-refractivity contribution >= 4 is 46.2 Å². The summed E-state index contributed by atoms with van der Waals surface area (Å²) in [6.45, 7) is 4.28. The predicted octanol–water partition coefficient (Wildman–Crippen LogP) is 8.60. The number of hydrogen-bond donors (Lipinski definition) is 0. The van der Waals surface area contributed by atoms with Gasteiger partial charge in [-0.25, -0.2) is 0 Å². The molecule has 2 atom stereocenters. The van der Waals surface area contributed by atoms with Crippen LogP contribution in [0.1, 0.15) is 43.4 Å². The van der Waals surface area contributed by atoms with E-state index < -0.39 is 36.6 Å².